The molecule has 1 atom stereocenters. The van der Waals surface area contributed by atoms with Crippen molar-refractivity contribution in [2.24, 2.45) is 0 Å². The largest absolute Gasteiger partial charge is 0.490 e. The van der Waals surface area contributed by atoms with E-state index in [0.29, 0.717) is 23.0 Å². The molecule has 0 fully saturated rings. The van der Waals surface area contributed by atoms with Crippen LogP contribution in [0.1, 0.15) is 28.5 Å². The van der Waals surface area contributed by atoms with E-state index in [2.05, 4.69) is 15.4 Å². The third-order valence-electron chi connectivity index (χ3n) is 3.62. The Hall–Kier alpha value is -2.68. The molecule has 0 radical (unpaired) electrons. The Morgan fingerprint density at radius 3 is 3.22 bits per heavy atom. The van der Waals surface area contributed by atoms with Gasteiger partial charge in [0.05, 0.1) is 12.6 Å². The third-order valence-corrected chi connectivity index (χ3v) is 4.59. The number of halogens is 1. The molecule has 1 aromatic carbocycles. The molecule has 0 saturated carbocycles. The van der Waals surface area contributed by atoms with Crippen LogP contribution in [0.5, 0.6) is 5.75 Å². The van der Waals surface area contributed by atoms with E-state index in [0.717, 1.165) is 5.56 Å². The summed E-state index contributed by atoms with van der Waals surface area (Å²) in [5, 5.41) is 17.1. The molecular formula is C14H11FN4O3S. The fraction of sp³-hybridized carbons (Fsp3) is 0.214. The van der Waals surface area contributed by atoms with E-state index in [-0.39, 0.29) is 17.5 Å². The normalized spacial score (nSPS) is 16.8. The van der Waals surface area contributed by atoms with Gasteiger partial charge < -0.3 is 15.2 Å². The number of hydrogen-bond acceptors (Lipinski definition) is 6. The summed E-state index contributed by atoms with van der Waals surface area (Å²) < 4.78 is 20.6. The second-order valence-corrected chi connectivity index (χ2v) is 6.03. The van der Waals surface area contributed by atoms with Crippen molar-refractivity contribution in [3.05, 3.63) is 41.6 Å². The molecule has 1 aliphatic heterocycles. The lowest BCUT2D eigenvalue weighted by Crippen LogP contribution is -2.21. The number of imidazole rings is 1. The second kappa shape index (κ2) is 5.20. The first-order chi connectivity index (χ1) is 11.1. The van der Waals surface area contributed by atoms with Crippen LogP contribution in [0, 0.1) is 5.82 Å². The fourth-order valence-electron chi connectivity index (χ4n) is 2.60. The lowest BCUT2D eigenvalue weighted by atomic mass is 10.0. The number of ether oxygens (including phenoxy) is 1. The van der Waals surface area contributed by atoms with Gasteiger partial charge in [-0.2, -0.15) is 0 Å². The molecule has 0 spiro atoms. The summed E-state index contributed by atoms with van der Waals surface area (Å²) >= 11 is 1.19. The van der Waals surface area contributed by atoms with E-state index in [9.17, 15) is 9.18 Å². The highest BCUT2D eigenvalue weighted by Crippen LogP contribution is 2.37. The van der Waals surface area contributed by atoms with E-state index in [1.807, 2.05) is 0 Å². The molecular weight excluding hydrogens is 323 g/mol. The average molecular weight is 334 g/mol. The zero-order valence-corrected chi connectivity index (χ0v) is 12.5. The van der Waals surface area contributed by atoms with Crippen molar-refractivity contribution in [1.29, 1.82) is 0 Å². The molecule has 0 saturated heterocycles. The summed E-state index contributed by atoms with van der Waals surface area (Å²) in [6.07, 6.45) is 2.02. The number of hydrogen-bond donors (Lipinski definition) is 2. The van der Waals surface area contributed by atoms with Crippen molar-refractivity contribution < 1.29 is 19.0 Å². The molecule has 7 nitrogen and oxygen atoms in total. The van der Waals surface area contributed by atoms with Crippen molar-refractivity contribution in [2.75, 3.05) is 11.9 Å². The smallest absolute Gasteiger partial charge is 0.357 e. The van der Waals surface area contributed by atoms with E-state index in [1.165, 1.54) is 28.2 Å². The number of benzene rings is 1. The van der Waals surface area contributed by atoms with E-state index >= 15 is 0 Å². The zero-order valence-electron chi connectivity index (χ0n) is 11.7. The molecule has 0 bridgehead atoms. The van der Waals surface area contributed by atoms with Gasteiger partial charge in [-0.3, -0.25) is 0 Å². The van der Waals surface area contributed by atoms with Gasteiger partial charge in [0.1, 0.15) is 6.33 Å². The Labute approximate surface area is 133 Å². The summed E-state index contributed by atoms with van der Waals surface area (Å²) in [5.41, 5.74) is 0.696. The standard InChI is InChI=1S/C14H11FN4O3S/c15-8-3-1-2-7-9(4-5-22-11(7)8)17-14-18-19-6-16-10(13(20)21)12(19)23-14/h1-3,6,9H,4-5H2,(H,17,18)(H,20,21)/t9-/m0/s1. The number of aromatic carboxylic acids is 1. The maximum Gasteiger partial charge on any atom is 0.357 e. The minimum atomic E-state index is -1.10. The predicted octanol–water partition coefficient (Wildman–Crippen LogP) is 2.56. The topological polar surface area (TPSA) is 88.8 Å². The molecule has 1 aliphatic rings. The van der Waals surface area contributed by atoms with Gasteiger partial charge in [-0.25, -0.2) is 18.7 Å². The zero-order chi connectivity index (χ0) is 16.0. The van der Waals surface area contributed by atoms with Gasteiger partial charge >= 0.3 is 5.97 Å². The molecule has 9 heteroatoms. The predicted molar refractivity (Wildman–Crippen MR) is 80.7 cm³/mol. The van der Waals surface area contributed by atoms with Crippen LogP contribution in [0.4, 0.5) is 9.52 Å². The summed E-state index contributed by atoms with van der Waals surface area (Å²) in [6.45, 7) is 0.401. The number of anilines is 1. The molecule has 2 aromatic heterocycles. The Morgan fingerprint density at radius 1 is 1.52 bits per heavy atom. The van der Waals surface area contributed by atoms with E-state index in [4.69, 9.17) is 9.84 Å². The van der Waals surface area contributed by atoms with Gasteiger partial charge in [0, 0.05) is 12.0 Å². The van der Waals surface area contributed by atoms with Gasteiger partial charge in [0.15, 0.2) is 22.1 Å². The first kappa shape index (κ1) is 13.9. The fourth-order valence-corrected chi connectivity index (χ4v) is 3.53. The number of carboxylic acids is 1. The molecule has 4 rings (SSSR count). The highest BCUT2D eigenvalue weighted by atomic mass is 32.1. The Morgan fingerprint density at radius 2 is 2.39 bits per heavy atom. The first-order valence-electron chi connectivity index (χ1n) is 6.88. The van der Waals surface area contributed by atoms with Crippen molar-refractivity contribution in [3.8, 4) is 5.75 Å². The summed E-state index contributed by atoms with van der Waals surface area (Å²) in [6, 6.07) is 4.66. The Kier molecular flexibility index (Phi) is 3.15. The molecule has 0 unspecified atom stereocenters. The van der Waals surface area contributed by atoms with Crippen molar-refractivity contribution >= 4 is 27.3 Å². The lowest BCUT2D eigenvalue weighted by molar-refractivity contribution is 0.0693. The molecule has 0 aliphatic carbocycles. The van der Waals surface area contributed by atoms with Crippen LogP contribution in [0.2, 0.25) is 0 Å². The highest BCUT2D eigenvalue weighted by molar-refractivity contribution is 7.21. The number of nitrogens with one attached hydrogen (secondary N) is 1. The maximum atomic E-state index is 13.8. The van der Waals surface area contributed by atoms with Gasteiger partial charge in [-0.05, 0) is 6.07 Å². The first-order valence-corrected chi connectivity index (χ1v) is 7.70. The molecule has 23 heavy (non-hydrogen) atoms. The van der Waals surface area contributed by atoms with Gasteiger partial charge in [0.2, 0.25) is 5.13 Å². The summed E-state index contributed by atoms with van der Waals surface area (Å²) in [4.78, 5) is 15.4. The maximum absolute atomic E-state index is 13.8. The van der Waals surface area contributed by atoms with Crippen LogP contribution >= 0.6 is 11.3 Å². The number of carboxylic acid groups (broad SMARTS) is 1. The number of nitrogens with zero attached hydrogens (tertiary/aromatic N) is 3. The Balaban J connectivity index is 1.67. The summed E-state index contributed by atoms with van der Waals surface area (Å²) in [7, 11) is 0. The number of aromatic nitrogens is 3. The summed E-state index contributed by atoms with van der Waals surface area (Å²) in [5.74, 6) is -1.23. The van der Waals surface area contributed by atoms with Crippen molar-refractivity contribution in [1.82, 2.24) is 14.6 Å². The number of rotatable bonds is 3. The molecule has 2 N–H and O–H groups in total. The molecule has 3 heterocycles. The molecule has 118 valence electrons. The minimum Gasteiger partial charge on any atom is -0.490 e. The number of para-hydroxylation sites is 1. The van der Waals surface area contributed by atoms with Gasteiger partial charge in [-0.1, -0.05) is 23.5 Å². The number of carbonyl (C=O) groups is 1. The highest BCUT2D eigenvalue weighted by Gasteiger charge is 2.25. The number of fused-ring (bicyclic) bond motifs is 2. The van der Waals surface area contributed by atoms with E-state index < -0.39 is 11.8 Å². The molecule has 0 amide bonds. The second-order valence-electron chi connectivity index (χ2n) is 5.05. The SMILES string of the molecule is O=C(O)c1ncn2nc(N[C@H]3CCOc4c(F)cccc43)sc12. The van der Waals surface area contributed by atoms with Crippen molar-refractivity contribution in [3.63, 3.8) is 0 Å². The average Bonchev–Trinajstić information content (AvgIpc) is 3.08. The van der Waals surface area contributed by atoms with E-state index in [1.54, 1.807) is 12.1 Å². The van der Waals surface area contributed by atoms with Crippen LogP contribution in [-0.2, 0) is 0 Å². The van der Waals surface area contributed by atoms with Crippen LogP contribution in [0.15, 0.2) is 24.5 Å². The monoisotopic (exact) mass is 334 g/mol. The lowest BCUT2D eigenvalue weighted by Gasteiger charge is -2.26. The quantitative estimate of drug-likeness (QED) is 0.765. The van der Waals surface area contributed by atoms with Gasteiger partial charge in [-0.15, -0.1) is 5.10 Å². The Bertz CT molecular complexity index is 907. The third kappa shape index (κ3) is 2.29. The minimum absolute atomic E-state index is 0.0334. The van der Waals surface area contributed by atoms with Gasteiger partial charge in [0.25, 0.3) is 0 Å². The molecule has 3 aromatic rings. The van der Waals surface area contributed by atoms with Crippen LogP contribution < -0.4 is 10.1 Å². The van der Waals surface area contributed by atoms with Crippen LogP contribution in [0.25, 0.3) is 4.83 Å². The van der Waals surface area contributed by atoms with Crippen molar-refractivity contribution in [2.45, 2.75) is 12.5 Å². The van der Waals surface area contributed by atoms with Crippen LogP contribution in [0.3, 0.4) is 0 Å². The van der Waals surface area contributed by atoms with Crippen LogP contribution in [-0.4, -0.2) is 32.3 Å².